The van der Waals surface area contributed by atoms with Gasteiger partial charge in [0.15, 0.2) is 11.6 Å². The fourth-order valence-electron chi connectivity index (χ4n) is 3.90. The number of hydrogen-bond donors (Lipinski definition) is 2. The lowest BCUT2D eigenvalue weighted by molar-refractivity contribution is 0.208. The van der Waals surface area contributed by atoms with Crippen LogP contribution in [0.1, 0.15) is 5.69 Å². The smallest absolute Gasteiger partial charge is 0.322 e. The van der Waals surface area contributed by atoms with Crippen LogP contribution in [0.4, 0.5) is 25.0 Å². The van der Waals surface area contributed by atoms with Gasteiger partial charge in [-0.1, -0.05) is 0 Å². The summed E-state index contributed by atoms with van der Waals surface area (Å²) in [4.78, 5) is 27.7. The first-order chi connectivity index (χ1) is 16.5. The van der Waals surface area contributed by atoms with E-state index in [0.29, 0.717) is 43.3 Å². The zero-order chi connectivity index (χ0) is 23.7. The van der Waals surface area contributed by atoms with Crippen molar-refractivity contribution in [1.29, 1.82) is 0 Å². The molecule has 1 saturated heterocycles. The number of H-pyrrole nitrogens is 1. The molecule has 10 heteroatoms. The van der Waals surface area contributed by atoms with Gasteiger partial charge in [0.2, 0.25) is 5.88 Å². The number of aromatic amines is 1. The van der Waals surface area contributed by atoms with Crippen LogP contribution in [-0.4, -0.2) is 52.1 Å². The Hall–Kier alpha value is -4.21. The molecule has 0 radical (unpaired) electrons. The fraction of sp³-hybridized carbons (Fsp3) is 0.208. The van der Waals surface area contributed by atoms with Crippen LogP contribution in [0.5, 0.6) is 11.6 Å². The normalized spacial score (nSPS) is 13.9. The molecule has 4 aromatic rings. The average Bonchev–Trinajstić information content (AvgIpc) is 3.27. The molecule has 1 aliphatic heterocycles. The fourth-order valence-corrected chi connectivity index (χ4v) is 3.90. The van der Waals surface area contributed by atoms with Crippen LogP contribution in [0.15, 0.2) is 55.0 Å². The van der Waals surface area contributed by atoms with Crippen LogP contribution < -0.4 is 15.0 Å². The van der Waals surface area contributed by atoms with Gasteiger partial charge in [0.05, 0.1) is 34.7 Å². The minimum Gasteiger partial charge on any atom is -0.438 e. The van der Waals surface area contributed by atoms with Gasteiger partial charge in [0, 0.05) is 38.1 Å². The number of amides is 2. The highest BCUT2D eigenvalue weighted by Crippen LogP contribution is 2.28. The number of carbonyl (C=O) groups is 1. The largest absolute Gasteiger partial charge is 0.438 e. The number of ether oxygens (including phenoxy) is 1. The van der Waals surface area contributed by atoms with E-state index in [0.717, 1.165) is 17.4 Å². The van der Waals surface area contributed by atoms with E-state index in [1.54, 1.807) is 17.3 Å². The Morgan fingerprint density at radius 1 is 1.03 bits per heavy atom. The molecular weight excluding hydrogens is 442 g/mol. The monoisotopic (exact) mass is 464 g/mol. The summed E-state index contributed by atoms with van der Waals surface area (Å²) in [6, 6.07) is 9.76. The van der Waals surface area contributed by atoms with Gasteiger partial charge in [0.1, 0.15) is 5.75 Å². The number of benzene rings is 2. The minimum atomic E-state index is -0.985. The summed E-state index contributed by atoms with van der Waals surface area (Å²) in [5.74, 6) is -0.863. The predicted molar refractivity (Wildman–Crippen MR) is 124 cm³/mol. The summed E-state index contributed by atoms with van der Waals surface area (Å²) < 4.78 is 33.5. The third-order valence-electron chi connectivity index (χ3n) is 5.73. The Bertz CT molecular complexity index is 1320. The van der Waals surface area contributed by atoms with E-state index in [2.05, 4.69) is 25.2 Å². The molecule has 0 bridgehead atoms. The van der Waals surface area contributed by atoms with Crippen molar-refractivity contribution in [3.8, 4) is 11.6 Å². The highest BCUT2D eigenvalue weighted by atomic mass is 19.2. The second kappa shape index (κ2) is 8.97. The van der Waals surface area contributed by atoms with E-state index in [1.807, 2.05) is 31.2 Å². The Kier molecular flexibility index (Phi) is 5.70. The molecule has 2 N–H and O–H groups in total. The van der Waals surface area contributed by atoms with Gasteiger partial charge < -0.3 is 24.8 Å². The van der Waals surface area contributed by atoms with Crippen LogP contribution in [-0.2, 0) is 0 Å². The number of carbonyl (C=O) groups excluding carboxylic acids is 1. The summed E-state index contributed by atoms with van der Waals surface area (Å²) in [7, 11) is 0. The van der Waals surface area contributed by atoms with Crippen LogP contribution in [0.25, 0.3) is 10.9 Å². The Morgan fingerprint density at radius 2 is 1.79 bits per heavy atom. The van der Waals surface area contributed by atoms with Crippen LogP contribution in [0, 0.1) is 18.6 Å². The molecule has 34 heavy (non-hydrogen) atoms. The van der Waals surface area contributed by atoms with Gasteiger partial charge in [-0.25, -0.2) is 18.6 Å². The van der Waals surface area contributed by atoms with Gasteiger partial charge in [-0.15, -0.1) is 0 Å². The second-order valence-electron chi connectivity index (χ2n) is 7.98. The van der Waals surface area contributed by atoms with E-state index in [4.69, 9.17) is 4.74 Å². The molecule has 8 nitrogen and oxygen atoms in total. The maximum Gasteiger partial charge on any atom is 0.322 e. The van der Waals surface area contributed by atoms with Crippen LogP contribution in [0.3, 0.4) is 0 Å². The first-order valence-corrected chi connectivity index (χ1v) is 10.8. The van der Waals surface area contributed by atoms with Gasteiger partial charge in [-0.05, 0) is 43.3 Å². The number of halogens is 2. The summed E-state index contributed by atoms with van der Waals surface area (Å²) in [6.07, 6.45) is 4.69. The Balaban J connectivity index is 1.18. The van der Waals surface area contributed by atoms with Crippen molar-refractivity contribution in [2.24, 2.45) is 0 Å². The zero-order valence-electron chi connectivity index (χ0n) is 18.4. The second-order valence-corrected chi connectivity index (χ2v) is 7.98. The van der Waals surface area contributed by atoms with Crippen molar-refractivity contribution in [3.05, 3.63) is 72.3 Å². The first-order valence-electron chi connectivity index (χ1n) is 10.8. The maximum atomic E-state index is 14.2. The topological polar surface area (TPSA) is 86.4 Å². The number of fused-ring (bicyclic) bond motifs is 1. The molecule has 5 rings (SSSR count). The number of piperazine rings is 1. The number of anilines is 2. The number of nitrogens with zero attached hydrogens (tertiary/aromatic N) is 4. The molecule has 2 aromatic heterocycles. The average molecular weight is 464 g/mol. The molecular formula is C24H22F2N6O2. The number of aromatic nitrogens is 3. The highest BCUT2D eigenvalue weighted by molar-refractivity contribution is 6.01. The summed E-state index contributed by atoms with van der Waals surface area (Å²) in [5, 5.41) is 2.73. The van der Waals surface area contributed by atoms with E-state index in [9.17, 15) is 13.6 Å². The molecule has 2 aromatic carbocycles. The molecule has 0 saturated carbocycles. The van der Waals surface area contributed by atoms with Crippen molar-refractivity contribution in [3.63, 3.8) is 0 Å². The van der Waals surface area contributed by atoms with Crippen molar-refractivity contribution < 1.29 is 18.3 Å². The van der Waals surface area contributed by atoms with Gasteiger partial charge in [0.25, 0.3) is 0 Å². The lowest BCUT2D eigenvalue weighted by atomic mass is 10.2. The van der Waals surface area contributed by atoms with Crippen molar-refractivity contribution in [2.75, 3.05) is 36.4 Å². The molecule has 0 spiro atoms. The van der Waals surface area contributed by atoms with Crippen molar-refractivity contribution in [2.45, 2.75) is 6.92 Å². The first kappa shape index (κ1) is 21.6. The Labute approximate surface area is 194 Å². The van der Waals surface area contributed by atoms with Gasteiger partial charge in [-0.2, -0.15) is 0 Å². The molecule has 2 amide bonds. The number of hydrogen-bond acceptors (Lipinski definition) is 5. The number of aryl methyl sites for hydroxylation is 1. The SMILES string of the molecule is Cc1cnc(Oc2ccc(N3CCN(C(=O)Nc4c[nH]c5ccc(F)c(F)c45)CC3)cc2)cn1. The van der Waals surface area contributed by atoms with E-state index >= 15 is 0 Å². The maximum absolute atomic E-state index is 14.2. The number of nitrogens with one attached hydrogen (secondary N) is 2. The molecule has 0 aliphatic carbocycles. The van der Waals surface area contributed by atoms with Gasteiger partial charge >= 0.3 is 6.03 Å². The molecule has 1 aliphatic rings. The lowest BCUT2D eigenvalue weighted by Gasteiger charge is -2.36. The van der Waals surface area contributed by atoms with E-state index in [-0.39, 0.29) is 17.1 Å². The highest BCUT2D eigenvalue weighted by Gasteiger charge is 2.23. The quantitative estimate of drug-likeness (QED) is 0.458. The van der Waals surface area contributed by atoms with Crippen LogP contribution >= 0.6 is 0 Å². The van der Waals surface area contributed by atoms with E-state index in [1.165, 1.54) is 12.3 Å². The minimum absolute atomic E-state index is 0.0333. The number of rotatable bonds is 4. The van der Waals surface area contributed by atoms with Crippen LogP contribution in [0.2, 0.25) is 0 Å². The summed E-state index contributed by atoms with van der Waals surface area (Å²) >= 11 is 0. The molecule has 3 heterocycles. The van der Waals surface area contributed by atoms with Gasteiger partial charge in [-0.3, -0.25) is 4.98 Å². The molecule has 0 atom stereocenters. The molecule has 1 fully saturated rings. The lowest BCUT2D eigenvalue weighted by Crippen LogP contribution is -2.50. The summed E-state index contributed by atoms with van der Waals surface area (Å²) in [6.45, 7) is 4.10. The Morgan fingerprint density at radius 3 is 2.50 bits per heavy atom. The van der Waals surface area contributed by atoms with E-state index < -0.39 is 11.6 Å². The summed E-state index contributed by atoms with van der Waals surface area (Å²) in [5.41, 5.74) is 2.46. The zero-order valence-corrected chi connectivity index (χ0v) is 18.4. The molecule has 0 unspecified atom stereocenters. The molecule has 174 valence electrons. The third kappa shape index (κ3) is 4.34. The van der Waals surface area contributed by atoms with Crippen molar-refractivity contribution >= 4 is 28.3 Å². The third-order valence-corrected chi connectivity index (χ3v) is 5.73. The standard InChI is InChI=1S/C24H22F2N6O2/c1-15-12-29-21(14-27-15)34-17-4-2-16(3-5-17)31-8-10-32(11-9-31)24(33)30-20-13-28-19-7-6-18(25)23(26)22(19)20/h2-7,12-14,28H,8-11H2,1H3,(H,30,33). The predicted octanol–water partition coefficient (Wildman–Crippen LogP) is 4.69. The van der Waals surface area contributed by atoms with Crippen molar-refractivity contribution in [1.82, 2.24) is 19.9 Å². The number of urea groups is 1.